The van der Waals surface area contributed by atoms with Gasteiger partial charge in [0.1, 0.15) is 0 Å². The number of nitrogens with one attached hydrogen (secondary N) is 1. The van der Waals surface area contributed by atoms with Gasteiger partial charge in [-0.05, 0) is 45.6 Å². The van der Waals surface area contributed by atoms with Crippen molar-refractivity contribution in [2.75, 3.05) is 6.61 Å². The lowest BCUT2D eigenvalue weighted by Gasteiger charge is -2.33. The molecule has 3 N–H and O–H groups in total. The SMILES string of the molecule is Cc1cc(C)cc(CC(NN)C2(C)CCCO2)c1. The molecule has 2 unspecified atom stereocenters. The van der Waals surface area contributed by atoms with Gasteiger partial charge in [0.25, 0.3) is 0 Å². The Bertz CT molecular complexity index is 391. The molecule has 0 bridgehead atoms. The summed E-state index contributed by atoms with van der Waals surface area (Å²) in [5, 5.41) is 0. The Morgan fingerprint density at radius 3 is 2.50 bits per heavy atom. The third-order valence-corrected chi connectivity index (χ3v) is 3.91. The fourth-order valence-electron chi connectivity index (χ4n) is 2.95. The fraction of sp³-hybridized carbons (Fsp3) is 0.600. The highest BCUT2D eigenvalue weighted by atomic mass is 16.5. The molecule has 3 nitrogen and oxygen atoms in total. The average molecular weight is 248 g/mol. The second kappa shape index (κ2) is 5.39. The molecule has 0 spiro atoms. The number of nitrogens with two attached hydrogens (primary N) is 1. The lowest BCUT2D eigenvalue weighted by Crippen LogP contribution is -2.52. The second-order valence-corrected chi connectivity index (χ2v) is 5.68. The van der Waals surface area contributed by atoms with Gasteiger partial charge in [-0.2, -0.15) is 0 Å². The van der Waals surface area contributed by atoms with Crippen LogP contribution in [-0.4, -0.2) is 18.2 Å². The van der Waals surface area contributed by atoms with Gasteiger partial charge in [0, 0.05) is 6.61 Å². The molecule has 100 valence electrons. The summed E-state index contributed by atoms with van der Waals surface area (Å²) in [6, 6.07) is 6.83. The molecule has 18 heavy (non-hydrogen) atoms. The van der Waals surface area contributed by atoms with Gasteiger partial charge in [-0.3, -0.25) is 11.3 Å². The van der Waals surface area contributed by atoms with Crippen LogP contribution >= 0.6 is 0 Å². The molecule has 0 aromatic heterocycles. The van der Waals surface area contributed by atoms with E-state index in [1.165, 1.54) is 16.7 Å². The Labute approximate surface area is 110 Å². The minimum absolute atomic E-state index is 0.133. The van der Waals surface area contributed by atoms with E-state index in [1.807, 2.05) is 0 Å². The van der Waals surface area contributed by atoms with Crippen LogP contribution < -0.4 is 11.3 Å². The van der Waals surface area contributed by atoms with Gasteiger partial charge in [0.15, 0.2) is 0 Å². The Balaban J connectivity index is 2.14. The zero-order chi connectivity index (χ0) is 13.2. The number of rotatable bonds is 4. The summed E-state index contributed by atoms with van der Waals surface area (Å²) in [7, 11) is 0. The van der Waals surface area contributed by atoms with E-state index in [4.69, 9.17) is 10.6 Å². The Kier molecular flexibility index (Phi) is 4.05. The zero-order valence-electron chi connectivity index (χ0n) is 11.6. The van der Waals surface area contributed by atoms with E-state index in [0.717, 1.165) is 25.9 Å². The van der Waals surface area contributed by atoms with Crippen LogP contribution in [0.4, 0.5) is 0 Å². The van der Waals surface area contributed by atoms with Gasteiger partial charge in [0.2, 0.25) is 0 Å². The maximum absolute atomic E-state index is 5.88. The molecule has 1 fully saturated rings. The molecule has 3 heteroatoms. The minimum Gasteiger partial charge on any atom is -0.374 e. The first kappa shape index (κ1) is 13.5. The molecule has 1 heterocycles. The van der Waals surface area contributed by atoms with Gasteiger partial charge in [-0.1, -0.05) is 29.3 Å². The van der Waals surface area contributed by atoms with Gasteiger partial charge in [-0.25, -0.2) is 0 Å². The van der Waals surface area contributed by atoms with Gasteiger partial charge in [-0.15, -0.1) is 0 Å². The molecule has 0 aliphatic carbocycles. The predicted octanol–water partition coefficient (Wildman–Crippen LogP) is 2.25. The summed E-state index contributed by atoms with van der Waals surface area (Å²) >= 11 is 0. The largest absolute Gasteiger partial charge is 0.374 e. The van der Waals surface area contributed by atoms with Crippen molar-refractivity contribution in [1.82, 2.24) is 5.43 Å². The summed E-state index contributed by atoms with van der Waals surface area (Å²) in [5.74, 6) is 5.73. The van der Waals surface area contributed by atoms with E-state index in [-0.39, 0.29) is 11.6 Å². The second-order valence-electron chi connectivity index (χ2n) is 5.68. The molecule has 1 aliphatic heterocycles. The fourth-order valence-corrected chi connectivity index (χ4v) is 2.95. The first-order valence-corrected chi connectivity index (χ1v) is 6.71. The number of ether oxygens (including phenoxy) is 1. The molecular formula is C15H24N2O. The molecular weight excluding hydrogens is 224 g/mol. The van der Waals surface area contributed by atoms with Crippen molar-refractivity contribution in [1.29, 1.82) is 0 Å². The molecule has 1 aromatic carbocycles. The van der Waals surface area contributed by atoms with Crippen LogP contribution in [-0.2, 0) is 11.2 Å². The number of hydrogen-bond acceptors (Lipinski definition) is 3. The van der Waals surface area contributed by atoms with Crippen LogP contribution in [0.1, 0.15) is 36.5 Å². The van der Waals surface area contributed by atoms with E-state index in [9.17, 15) is 0 Å². The normalized spacial score (nSPS) is 25.3. The van der Waals surface area contributed by atoms with E-state index in [1.54, 1.807) is 0 Å². The van der Waals surface area contributed by atoms with Crippen LogP contribution in [0.2, 0.25) is 0 Å². The number of aryl methyl sites for hydroxylation is 2. The van der Waals surface area contributed by atoms with E-state index in [2.05, 4.69) is 44.4 Å². The molecule has 1 aliphatic rings. The average Bonchev–Trinajstić information content (AvgIpc) is 2.72. The Morgan fingerprint density at radius 2 is 2.00 bits per heavy atom. The molecule has 0 saturated carbocycles. The van der Waals surface area contributed by atoms with Crippen LogP contribution in [0.3, 0.4) is 0 Å². The third-order valence-electron chi connectivity index (χ3n) is 3.91. The van der Waals surface area contributed by atoms with Crippen molar-refractivity contribution in [3.05, 3.63) is 34.9 Å². The van der Waals surface area contributed by atoms with Crippen molar-refractivity contribution < 1.29 is 4.74 Å². The van der Waals surface area contributed by atoms with Crippen LogP contribution in [0, 0.1) is 13.8 Å². The van der Waals surface area contributed by atoms with Crippen LogP contribution in [0.25, 0.3) is 0 Å². The molecule has 1 aromatic rings. The predicted molar refractivity (Wildman–Crippen MR) is 74.3 cm³/mol. The summed E-state index contributed by atoms with van der Waals surface area (Å²) < 4.78 is 5.88. The van der Waals surface area contributed by atoms with Crippen molar-refractivity contribution in [2.24, 2.45) is 5.84 Å². The maximum atomic E-state index is 5.88. The van der Waals surface area contributed by atoms with Crippen molar-refractivity contribution in [3.8, 4) is 0 Å². The highest BCUT2D eigenvalue weighted by Crippen LogP contribution is 2.30. The topological polar surface area (TPSA) is 47.3 Å². The summed E-state index contributed by atoms with van der Waals surface area (Å²) in [6.45, 7) is 7.28. The van der Waals surface area contributed by atoms with Gasteiger partial charge >= 0.3 is 0 Å². The summed E-state index contributed by atoms with van der Waals surface area (Å²) in [4.78, 5) is 0. The standard InChI is InChI=1S/C15H24N2O/c1-11-7-12(2)9-13(8-11)10-14(17-16)15(3)5-4-6-18-15/h7-9,14,17H,4-6,10,16H2,1-3H3. The quantitative estimate of drug-likeness (QED) is 0.634. The van der Waals surface area contributed by atoms with E-state index in [0.29, 0.717) is 0 Å². The first-order valence-electron chi connectivity index (χ1n) is 6.71. The van der Waals surface area contributed by atoms with Crippen LogP contribution in [0.5, 0.6) is 0 Å². The zero-order valence-corrected chi connectivity index (χ0v) is 11.6. The molecule has 1 saturated heterocycles. The molecule has 2 rings (SSSR count). The summed E-state index contributed by atoms with van der Waals surface area (Å²) in [5.41, 5.74) is 6.75. The minimum atomic E-state index is -0.133. The highest BCUT2D eigenvalue weighted by Gasteiger charge is 2.37. The summed E-state index contributed by atoms with van der Waals surface area (Å²) in [6.07, 6.45) is 3.11. The smallest absolute Gasteiger partial charge is 0.0824 e. The monoisotopic (exact) mass is 248 g/mol. The molecule has 0 amide bonds. The number of hydrazine groups is 1. The first-order chi connectivity index (χ1) is 8.53. The van der Waals surface area contributed by atoms with Crippen molar-refractivity contribution in [3.63, 3.8) is 0 Å². The third kappa shape index (κ3) is 2.91. The Hall–Kier alpha value is -0.900. The number of benzene rings is 1. The van der Waals surface area contributed by atoms with Crippen LogP contribution in [0.15, 0.2) is 18.2 Å². The van der Waals surface area contributed by atoms with Crippen molar-refractivity contribution >= 4 is 0 Å². The molecule has 2 atom stereocenters. The lowest BCUT2D eigenvalue weighted by atomic mass is 9.88. The lowest BCUT2D eigenvalue weighted by molar-refractivity contribution is -0.0115. The van der Waals surface area contributed by atoms with E-state index < -0.39 is 0 Å². The maximum Gasteiger partial charge on any atom is 0.0824 e. The highest BCUT2D eigenvalue weighted by molar-refractivity contribution is 5.29. The number of hydrogen-bond donors (Lipinski definition) is 2. The van der Waals surface area contributed by atoms with Gasteiger partial charge < -0.3 is 4.74 Å². The Morgan fingerprint density at radius 1 is 1.33 bits per heavy atom. The molecule has 0 radical (unpaired) electrons. The van der Waals surface area contributed by atoms with Crippen molar-refractivity contribution in [2.45, 2.75) is 51.7 Å². The van der Waals surface area contributed by atoms with E-state index >= 15 is 0 Å². The van der Waals surface area contributed by atoms with Gasteiger partial charge in [0.05, 0.1) is 11.6 Å².